The van der Waals surface area contributed by atoms with Gasteiger partial charge < -0.3 is 4.74 Å². The highest BCUT2D eigenvalue weighted by Crippen LogP contribution is 2.30. The van der Waals surface area contributed by atoms with Gasteiger partial charge in [0.05, 0.1) is 12.2 Å². The zero-order valence-corrected chi connectivity index (χ0v) is 16.8. The van der Waals surface area contributed by atoms with Crippen LogP contribution in [-0.4, -0.2) is 6.61 Å². The molecule has 6 heteroatoms. The van der Waals surface area contributed by atoms with Crippen LogP contribution in [-0.2, 0) is 0 Å². The molecule has 0 heterocycles. The predicted octanol–water partition coefficient (Wildman–Crippen LogP) is 7.00. The van der Waals surface area contributed by atoms with Gasteiger partial charge in [0, 0.05) is 28.6 Å². The van der Waals surface area contributed by atoms with E-state index in [2.05, 4.69) is 11.8 Å². The summed E-state index contributed by atoms with van der Waals surface area (Å²) in [5.41, 5.74) is 1.21. The number of fused-ring (bicyclic) bond motifs is 1. The van der Waals surface area contributed by atoms with Crippen LogP contribution in [0.3, 0.4) is 0 Å². The Morgan fingerprint density at radius 2 is 1.31 bits per heavy atom. The van der Waals surface area contributed by atoms with E-state index in [0.29, 0.717) is 23.3 Å². The predicted molar refractivity (Wildman–Crippen MR) is 113 cm³/mol. The summed E-state index contributed by atoms with van der Waals surface area (Å²) >= 11 is 0. The maximum absolute atomic E-state index is 14.4. The summed E-state index contributed by atoms with van der Waals surface area (Å²) in [5.74, 6) is 0.345. The summed E-state index contributed by atoms with van der Waals surface area (Å²) in [4.78, 5) is 0. The molecule has 1 nitrogen and oxygen atoms in total. The molecule has 0 radical (unpaired) electrons. The molecule has 0 aliphatic carbocycles. The Morgan fingerprint density at radius 3 is 1.97 bits per heavy atom. The van der Waals surface area contributed by atoms with Crippen molar-refractivity contribution in [1.82, 2.24) is 0 Å². The van der Waals surface area contributed by atoms with Gasteiger partial charge in [-0.1, -0.05) is 30.0 Å². The minimum atomic E-state index is -1.52. The third-order valence-corrected chi connectivity index (χ3v) is 4.82. The largest absolute Gasteiger partial charge is 0.494 e. The Bertz CT molecular complexity index is 1360. The van der Waals surface area contributed by atoms with E-state index in [0.717, 1.165) is 18.2 Å². The number of ether oxygens (including phenoxy) is 1. The van der Waals surface area contributed by atoms with Gasteiger partial charge in [-0.25, -0.2) is 22.0 Å². The first kappa shape index (κ1) is 21.4. The maximum atomic E-state index is 14.4. The van der Waals surface area contributed by atoms with Gasteiger partial charge in [-0.05, 0) is 48.2 Å². The second kappa shape index (κ2) is 8.72. The standard InChI is InChI=1S/C26H15F5O/c1-2-32-19-13-21(27)24(22(28)14-19)17-8-5-15(6-9-17)3-4-16-7-10-20-18(11-16)12-23(29)26(31)25(20)30/h5-14H,2H2,1H3. The van der Waals surface area contributed by atoms with Crippen molar-refractivity contribution in [2.45, 2.75) is 6.92 Å². The van der Waals surface area contributed by atoms with Gasteiger partial charge in [0.1, 0.15) is 17.4 Å². The minimum absolute atomic E-state index is 0.0433. The Kier molecular flexibility index (Phi) is 5.83. The Balaban J connectivity index is 1.61. The van der Waals surface area contributed by atoms with Crippen molar-refractivity contribution in [2.75, 3.05) is 6.61 Å². The maximum Gasteiger partial charge on any atom is 0.195 e. The highest BCUT2D eigenvalue weighted by molar-refractivity contribution is 5.84. The first-order valence-corrected chi connectivity index (χ1v) is 9.69. The summed E-state index contributed by atoms with van der Waals surface area (Å²) in [6.45, 7) is 2.02. The van der Waals surface area contributed by atoms with Gasteiger partial charge in [-0.15, -0.1) is 0 Å². The molecule has 0 aliphatic rings. The van der Waals surface area contributed by atoms with E-state index in [1.54, 1.807) is 31.2 Å². The van der Waals surface area contributed by atoms with Gasteiger partial charge in [0.15, 0.2) is 17.5 Å². The fourth-order valence-electron chi connectivity index (χ4n) is 3.32. The molecular weight excluding hydrogens is 423 g/mol. The second-order valence-electron chi connectivity index (χ2n) is 6.94. The van der Waals surface area contributed by atoms with Crippen LogP contribution in [0.1, 0.15) is 18.1 Å². The van der Waals surface area contributed by atoms with Crippen LogP contribution in [0.2, 0.25) is 0 Å². The molecule has 160 valence electrons. The highest BCUT2D eigenvalue weighted by atomic mass is 19.2. The molecule has 0 unspecified atom stereocenters. The Morgan fingerprint density at radius 1 is 0.688 bits per heavy atom. The monoisotopic (exact) mass is 438 g/mol. The Hall–Kier alpha value is -3.85. The van der Waals surface area contributed by atoms with Crippen LogP contribution in [0.4, 0.5) is 22.0 Å². The smallest absolute Gasteiger partial charge is 0.195 e. The van der Waals surface area contributed by atoms with Crippen molar-refractivity contribution < 1.29 is 26.7 Å². The number of hydrogen-bond acceptors (Lipinski definition) is 1. The lowest BCUT2D eigenvalue weighted by Gasteiger charge is -2.09. The van der Waals surface area contributed by atoms with Gasteiger partial charge in [0.25, 0.3) is 0 Å². The summed E-state index contributed by atoms with van der Waals surface area (Å²) in [6.07, 6.45) is 0. The number of rotatable bonds is 3. The molecule has 0 spiro atoms. The van der Waals surface area contributed by atoms with Crippen molar-refractivity contribution in [3.05, 3.63) is 101 Å². The van der Waals surface area contributed by atoms with E-state index in [4.69, 9.17) is 4.74 Å². The third kappa shape index (κ3) is 4.15. The quantitative estimate of drug-likeness (QED) is 0.190. The van der Waals surface area contributed by atoms with E-state index < -0.39 is 29.1 Å². The fraction of sp³-hybridized carbons (Fsp3) is 0.0769. The van der Waals surface area contributed by atoms with Crippen molar-refractivity contribution in [1.29, 1.82) is 0 Å². The summed E-state index contributed by atoms with van der Waals surface area (Å²) < 4.78 is 74.5. The number of halogens is 5. The van der Waals surface area contributed by atoms with Crippen molar-refractivity contribution in [3.63, 3.8) is 0 Å². The van der Waals surface area contributed by atoms with E-state index in [1.165, 1.54) is 18.2 Å². The molecule has 0 aromatic heterocycles. The van der Waals surface area contributed by atoms with E-state index >= 15 is 0 Å². The van der Waals surface area contributed by atoms with Gasteiger partial charge in [-0.3, -0.25) is 0 Å². The zero-order chi connectivity index (χ0) is 22.8. The molecule has 32 heavy (non-hydrogen) atoms. The molecule has 0 atom stereocenters. The van der Waals surface area contributed by atoms with Crippen molar-refractivity contribution in [3.8, 4) is 28.7 Å². The lowest BCUT2D eigenvalue weighted by Crippen LogP contribution is -1.96. The van der Waals surface area contributed by atoms with Crippen LogP contribution in [0.25, 0.3) is 21.9 Å². The molecule has 0 fully saturated rings. The minimum Gasteiger partial charge on any atom is -0.494 e. The second-order valence-corrected chi connectivity index (χ2v) is 6.94. The van der Waals surface area contributed by atoms with Crippen molar-refractivity contribution >= 4 is 10.8 Å². The topological polar surface area (TPSA) is 9.23 Å². The summed E-state index contributed by atoms with van der Waals surface area (Å²) in [5, 5.41) is 0.142. The normalized spacial score (nSPS) is 10.7. The van der Waals surface area contributed by atoms with Crippen molar-refractivity contribution in [2.24, 2.45) is 0 Å². The molecule has 0 aliphatic heterocycles. The van der Waals surface area contributed by atoms with Crippen LogP contribution >= 0.6 is 0 Å². The lowest BCUT2D eigenvalue weighted by molar-refractivity contribution is 0.336. The molecule has 0 saturated heterocycles. The highest BCUT2D eigenvalue weighted by Gasteiger charge is 2.14. The van der Waals surface area contributed by atoms with E-state index in [1.807, 2.05) is 0 Å². The zero-order valence-electron chi connectivity index (χ0n) is 16.8. The van der Waals surface area contributed by atoms with Gasteiger partial charge >= 0.3 is 0 Å². The third-order valence-electron chi connectivity index (χ3n) is 4.82. The first-order chi connectivity index (χ1) is 15.4. The number of benzene rings is 4. The summed E-state index contributed by atoms with van der Waals surface area (Å²) in [7, 11) is 0. The molecule has 0 saturated carbocycles. The molecule has 0 N–H and O–H groups in total. The van der Waals surface area contributed by atoms with E-state index in [-0.39, 0.29) is 22.1 Å². The molecule has 0 amide bonds. The molecule has 4 aromatic carbocycles. The first-order valence-electron chi connectivity index (χ1n) is 9.69. The fourth-order valence-corrected chi connectivity index (χ4v) is 3.32. The molecule has 4 aromatic rings. The molecule has 4 rings (SSSR count). The van der Waals surface area contributed by atoms with Crippen LogP contribution in [0, 0.1) is 40.9 Å². The SMILES string of the molecule is CCOc1cc(F)c(-c2ccc(C#Cc3ccc4c(F)c(F)c(F)cc4c3)cc2)c(F)c1. The average molecular weight is 438 g/mol. The lowest BCUT2D eigenvalue weighted by atomic mass is 10.0. The average Bonchev–Trinajstić information content (AvgIpc) is 2.76. The van der Waals surface area contributed by atoms with Crippen LogP contribution in [0.5, 0.6) is 5.75 Å². The van der Waals surface area contributed by atoms with Crippen LogP contribution < -0.4 is 4.74 Å². The van der Waals surface area contributed by atoms with Crippen LogP contribution in [0.15, 0.2) is 60.7 Å². The Labute approximate surface area is 181 Å². The molecular formula is C26H15F5O. The number of hydrogen-bond donors (Lipinski definition) is 0. The van der Waals surface area contributed by atoms with Gasteiger partial charge in [-0.2, -0.15) is 0 Å². The van der Waals surface area contributed by atoms with E-state index in [9.17, 15) is 22.0 Å². The summed E-state index contributed by atoms with van der Waals surface area (Å²) in [6, 6.07) is 13.7. The molecule has 0 bridgehead atoms. The van der Waals surface area contributed by atoms with Gasteiger partial charge in [0.2, 0.25) is 0 Å².